The lowest BCUT2D eigenvalue weighted by molar-refractivity contribution is -0.00617. The van der Waals surface area contributed by atoms with Crippen molar-refractivity contribution in [1.82, 2.24) is 5.32 Å². The van der Waals surface area contributed by atoms with Crippen LogP contribution in [0.4, 0.5) is 0 Å². The van der Waals surface area contributed by atoms with Crippen LogP contribution < -0.4 is 5.32 Å². The third-order valence-corrected chi connectivity index (χ3v) is 3.71. The van der Waals surface area contributed by atoms with Crippen LogP contribution in [0.15, 0.2) is 0 Å². The van der Waals surface area contributed by atoms with E-state index in [-0.39, 0.29) is 6.10 Å². The number of ether oxygens (including phenoxy) is 1. The first-order chi connectivity index (χ1) is 8.58. The van der Waals surface area contributed by atoms with Gasteiger partial charge in [0.15, 0.2) is 0 Å². The molecule has 0 amide bonds. The van der Waals surface area contributed by atoms with E-state index in [0.717, 1.165) is 5.92 Å². The Morgan fingerprint density at radius 2 is 1.83 bits per heavy atom. The molecular formula is C15H31NO2. The van der Waals surface area contributed by atoms with E-state index in [4.69, 9.17) is 4.74 Å². The number of rotatable bonds is 9. The smallest absolute Gasteiger partial charge is 0.0897 e. The van der Waals surface area contributed by atoms with Crippen molar-refractivity contribution in [3.05, 3.63) is 0 Å². The summed E-state index contributed by atoms with van der Waals surface area (Å²) in [4.78, 5) is 0. The van der Waals surface area contributed by atoms with Gasteiger partial charge in [-0.15, -0.1) is 0 Å². The number of hydrogen-bond donors (Lipinski definition) is 2. The maximum absolute atomic E-state index is 9.85. The summed E-state index contributed by atoms with van der Waals surface area (Å²) < 4.78 is 5.71. The monoisotopic (exact) mass is 257 g/mol. The second-order valence-electron chi connectivity index (χ2n) is 6.17. The fourth-order valence-corrected chi connectivity index (χ4v) is 2.38. The molecule has 0 aliphatic heterocycles. The zero-order valence-corrected chi connectivity index (χ0v) is 12.3. The molecule has 3 heteroatoms. The molecule has 2 atom stereocenters. The van der Waals surface area contributed by atoms with E-state index < -0.39 is 0 Å². The van der Waals surface area contributed by atoms with Crippen molar-refractivity contribution in [2.75, 3.05) is 13.2 Å². The molecule has 0 aromatic rings. The Labute approximate surface area is 112 Å². The summed E-state index contributed by atoms with van der Waals surface area (Å²) in [7, 11) is 0. The minimum atomic E-state index is -0.368. The van der Waals surface area contributed by atoms with E-state index in [0.29, 0.717) is 25.3 Å². The van der Waals surface area contributed by atoms with Gasteiger partial charge in [-0.25, -0.2) is 0 Å². The van der Waals surface area contributed by atoms with Crippen molar-refractivity contribution in [3.63, 3.8) is 0 Å². The molecule has 0 saturated heterocycles. The molecule has 2 N–H and O–H groups in total. The number of hydrogen-bond acceptors (Lipinski definition) is 3. The Kier molecular flexibility index (Phi) is 7.87. The van der Waals surface area contributed by atoms with Gasteiger partial charge in [-0.05, 0) is 38.5 Å². The van der Waals surface area contributed by atoms with Gasteiger partial charge in [0.25, 0.3) is 0 Å². The average Bonchev–Trinajstić information content (AvgIpc) is 2.84. The fourth-order valence-electron chi connectivity index (χ4n) is 2.38. The maximum Gasteiger partial charge on any atom is 0.0897 e. The molecule has 2 unspecified atom stereocenters. The minimum Gasteiger partial charge on any atom is -0.389 e. The van der Waals surface area contributed by atoms with E-state index in [2.05, 4.69) is 26.1 Å². The predicted octanol–water partition coefficient (Wildman–Crippen LogP) is 2.72. The summed E-state index contributed by atoms with van der Waals surface area (Å²) >= 11 is 0. The van der Waals surface area contributed by atoms with Gasteiger partial charge < -0.3 is 15.2 Å². The summed E-state index contributed by atoms with van der Waals surface area (Å²) in [5.41, 5.74) is 0. The highest BCUT2D eigenvalue weighted by Crippen LogP contribution is 2.20. The van der Waals surface area contributed by atoms with Crippen LogP contribution >= 0.6 is 0 Å². The Morgan fingerprint density at radius 3 is 2.44 bits per heavy atom. The average molecular weight is 257 g/mol. The molecule has 108 valence electrons. The molecule has 1 aliphatic rings. The lowest BCUT2D eigenvalue weighted by Crippen LogP contribution is -2.36. The van der Waals surface area contributed by atoms with Crippen molar-refractivity contribution < 1.29 is 9.84 Å². The van der Waals surface area contributed by atoms with Gasteiger partial charge in [0, 0.05) is 12.6 Å². The quantitative estimate of drug-likeness (QED) is 0.667. The summed E-state index contributed by atoms with van der Waals surface area (Å²) in [6, 6.07) is 0.480. The minimum absolute atomic E-state index is 0.368. The molecule has 0 aromatic carbocycles. The van der Waals surface area contributed by atoms with Crippen LogP contribution in [0.3, 0.4) is 0 Å². The zero-order valence-electron chi connectivity index (χ0n) is 12.3. The molecule has 0 bridgehead atoms. The molecule has 1 aliphatic carbocycles. The van der Waals surface area contributed by atoms with Crippen LogP contribution in [0.2, 0.25) is 0 Å². The third-order valence-electron chi connectivity index (χ3n) is 3.71. The largest absolute Gasteiger partial charge is 0.389 e. The first-order valence-electron chi connectivity index (χ1n) is 7.61. The Hall–Kier alpha value is -0.120. The maximum atomic E-state index is 9.85. The highest BCUT2D eigenvalue weighted by molar-refractivity contribution is 4.69. The van der Waals surface area contributed by atoms with Gasteiger partial charge in [0.2, 0.25) is 0 Å². The van der Waals surface area contributed by atoms with Gasteiger partial charge in [0.1, 0.15) is 0 Å². The van der Waals surface area contributed by atoms with E-state index in [9.17, 15) is 5.11 Å². The molecule has 18 heavy (non-hydrogen) atoms. The molecule has 3 nitrogen and oxygen atoms in total. The van der Waals surface area contributed by atoms with Crippen molar-refractivity contribution in [2.24, 2.45) is 5.92 Å². The molecule has 1 rings (SSSR count). The molecule has 0 aromatic heterocycles. The van der Waals surface area contributed by atoms with Gasteiger partial charge in [-0.2, -0.15) is 0 Å². The van der Waals surface area contributed by atoms with Gasteiger partial charge >= 0.3 is 0 Å². The molecule has 0 radical (unpaired) electrons. The van der Waals surface area contributed by atoms with Gasteiger partial charge in [-0.1, -0.05) is 26.7 Å². The van der Waals surface area contributed by atoms with Gasteiger partial charge in [0.05, 0.1) is 18.8 Å². The summed E-state index contributed by atoms with van der Waals surface area (Å²) in [6.07, 6.45) is 7.36. The van der Waals surface area contributed by atoms with E-state index in [1.54, 1.807) is 0 Å². The standard InChI is InChI=1S/C15H31NO2/c1-12(2)8-9-13(3)16-10-14(17)11-18-15-6-4-5-7-15/h12-17H,4-11H2,1-3H3. The lowest BCUT2D eigenvalue weighted by atomic mass is 10.0. The third kappa shape index (κ3) is 7.34. The predicted molar refractivity (Wildman–Crippen MR) is 75.8 cm³/mol. The Morgan fingerprint density at radius 1 is 1.17 bits per heavy atom. The lowest BCUT2D eigenvalue weighted by Gasteiger charge is -2.19. The van der Waals surface area contributed by atoms with Crippen molar-refractivity contribution in [1.29, 1.82) is 0 Å². The number of aliphatic hydroxyl groups excluding tert-OH is 1. The SMILES string of the molecule is CC(C)CCC(C)NCC(O)COC1CCCC1. The van der Waals surface area contributed by atoms with E-state index in [1.165, 1.54) is 38.5 Å². The molecular weight excluding hydrogens is 226 g/mol. The van der Waals surface area contributed by atoms with Crippen LogP contribution in [0.5, 0.6) is 0 Å². The zero-order chi connectivity index (χ0) is 13.4. The molecule has 1 saturated carbocycles. The van der Waals surface area contributed by atoms with Crippen molar-refractivity contribution in [3.8, 4) is 0 Å². The van der Waals surface area contributed by atoms with E-state index in [1.807, 2.05) is 0 Å². The highest BCUT2D eigenvalue weighted by Gasteiger charge is 2.17. The van der Waals surface area contributed by atoms with Crippen LogP contribution in [-0.2, 0) is 4.74 Å². The fraction of sp³-hybridized carbons (Fsp3) is 1.00. The van der Waals surface area contributed by atoms with Crippen LogP contribution in [-0.4, -0.2) is 36.5 Å². The Balaban J connectivity index is 1.99. The number of nitrogens with one attached hydrogen (secondary N) is 1. The Bertz CT molecular complexity index is 203. The van der Waals surface area contributed by atoms with Crippen molar-refractivity contribution >= 4 is 0 Å². The first kappa shape index (κ1) is 15.9. The normalized spacial score (nSPS) is 20.5. The highest BCUT2D eigenvalue weighted by atomic mass is 16.5. The molecule has 0 spiro atoms. The molecule has 0 heterocycles. The second kappa shape index (κ2) is 8.89. The van der Waals surface area contributed by atoms with Crippen LogP contribution in [0, 0.1) is 5.92 Å². The van der Waals surface area contributed by atoms with Gasteiger partial charge in [-0.3, -0.25) is 0 Å². The second-order valence-corrected chi connectivity index (χ2v) is 6.17. The summed E-state index contributed by atoms with van der Waals surface area (Å²) in [6.45, 7) is 7.81. The molecule has 1 fully saturated rings. The topological polar surface area (TPSA) is 41.5 Å². The van der Waals surface area contributed by atoms with Crippen LogP contribution in [0.25, 0.3) is 0 Å². The number of aliphatic hydroxyl groups is 1. The first-order valence-corrected chi connectivity index (χ1v) is 7.61. The van der Waals surface area contributed by atoms with Crippen LogP contribution in [0.1, 0.15) is 59.3 Å². The van der Waals surface area contributed by atoms with Crippen molar-refractivity contribution in [2.45, 2.75) is 77.5 Å². The van der Waals surface area contributed by atoms with E-state index >= 15 is 0 Å². The summed E-state index contributed by atoms with van der Waals surface area (Å²) in [5.74, 6) is 0.755. The summed E-state index contributed by atoms with van der Waals surface area (Å²) in [5, 5.41) is 13.2.